The van der Waals surface area contributed by atoms with E-state index in [4.69, 9.17) is 4.74 Å². The summed E-state index contributed by atoms with van der Waals surface area (Å²) in [6.07, 6.45) is 1.41. The first-order valence-corrected chi connectivity index (χ1v) is 6.18. The van der Waals surface area contributed by atoms with E-state index in [1.165, 1.54) is 6.07 Å². The van der Waals surface area contributed by atoms with Crippen LogP contribution in [0.25, 0.3) is 0 Å². The predicted molar refractivity (Wildman–Crippen MR) is 66.6 cm³/mol. The molecule has 0 saturated heterocycles. The lowest BCUT2D eigenvalue weighted by Gasteiger charge is -2.15. The molecule has 0 bridgehead atoms. The van der Waals surface area contributed by atoms with Crippen LogP contribution >= 0.6 is 0 Å². The van der Waals surface area contributed by atoms with Crippen molar-refractivity contribution in [1.82, 2.24) is 0 Å². The lowest BCUT2D eigenvalue weighted by Crippen LogP contribution is -2.11. The van der Waals surface area contributed by atoms with Crippen molar-refractivity contribution in [3.05, 3.63) is 29.6 Å². The Balaban J connectivity index is 2.66. The molecule has 0 aliphatic rings. The molecule has 1 rings (SSSR count). The topological polar surface area (TPSA) is 29.5 Å². The van der Waals surface area contributed by atoms with Gasteiger partial charge < -0.3 is 9.84 Å². The molecule has 0 aliphatic heterocycles. The molecule has 0 fully saturated rings. The summed E-state index contributed by atoms with van der Waals surface area (Å²) < 4.78 is 19.1. The van der Waals surface area contributed by atoms with Gasteiger partial charge in [-0.05, 0) is 30.5 Å². The third-order valence-corrected chi connectivity index (χ3v) is 3.07. The standard InChI is InChI=1S/C14H21FO2/c1-4-11(5-2)9-17-14-7-6-12(10(3)16)8-13(14)15/h6-8,10-11,16H,4-5,9H2,1-3H3. The number of benzene rings is 1. The first-order valence-electron chi connectivity index (χ1n) is 6.18. The highest BCUT2D eigenvalue weighted by Crippen LogP contribution is 2.23. The van der Waals surface area contributed by atoms with Crippen LogP contribution in [0.15, 0.2) is 18.2 Å². The highest BCUT2D eigenvalue weighted by atomic mass is 19.1. The van der Waals surface area contributed by atoms with Crippen LogP contribution in [0.4, 0.5) is 4.39 Å². The smallest absolute Gasteiger partial charge is 0.165 e. The molecule has 0 heterocycles. The van der Waals surface area contributed by atoms with Gasteiger partial charge in [0.05, 0.1) is 12.7 Å². The van der Waals surface area contributed by atoms with E-state index in [9.17, 15) is 9.50 Å². The van der Waals surface area contributed by atoms with Gasteiger partial charge in [0, 0.05) is 0 Å². The summed E-state index contributed by atoms with van der Waals surface area (Å²) in [7, 11) is 0. The molecule has 1 atom stereocenters. The maximum atomic E-state index is 13.6. The summed E-state index contributed by atoms with van der Waals surface area (Å²) in [6, 6.07) is 4.60. The molecule has 0 aromatic heterocycles. The van der Waals surface area contributed by atoms with Gasteiger partial charge in [0.1, 0.15) is 0 Å². The number of aliphatic hydroxyl groups is 1. The Morgan fingerprint density at radius 2 is 1.94 bits per heavy atom. The van der Waals surface area contributed by atoms with Crippen LogP contribution in [0, 0.1) is 11.7 Å². The minimum atomic E-state index is -0.655. The zero-order chi connectivity index (χ0) is 12.8. The van der Waals surface area contributed by atoms with Crippen molar-refractivity contribution >= 4 is 0 Å². The fraction of sp³-hybridized carbons (Fsp3) is 0.571. The van der Waals surface area contributed by atoms with E-state index in [1.54, 1.807) is 19.1 Å². The average Bonchev–Trinajstić information content (AvgIpc) is 2.31. The van der Waals surface area contributed by atoms with Crippen molar-refractivity contribution in [3.8, 4) is 5.75 Å². The second-order valence-electron chi connectivity index (χ2n) is 4.36. The Morgan fingerprint density at radius 3 is 2.41 bits per heavy atom. The Kier molecular flexibility index (Phi) is 5.42. The molecule has 1 aromatic carbocycles. The molecule has 2 nitrogen and oxygen atoms in total. The van der Waals surface area contributed by atoms with Crippen LogP contribution in [0.5, 0.6) is 5.75 Å². The van der Waals surface area contributed by atoms with E-state index in [0.29, 0.717) is 18.1 Å². The average molecular weight is 240 g/mol. The summed E-state index contributed by atoms with van der Waals surface area (Å²) in [4.78, 5) is 0. The number of hydrogen-bond acceptors (Lipinski definition) is 2. The van der Waals surface area contributed by atoms with Gasteiger partial charge in [0.25, 0.3) is 0 Å². The van der Waals surface area contributed by atoms with Crippen molar-refractivity contribution in [3.63, 3.8) is 0 Å². The fourth-order valence-corrected chi connectivity index (χ4v) is 1.63. The summed E-state index contributed by atoms with van der Waals surface area (Å²) in [6.45, 7) is 6.35. The molecule has 1 N–H and O–H groups in total. The first kappa shape index (κ1) is 14.0. The maximum absolute atomic E-state index is 13.6. The summed E-state index contributed by atoms with van der Waals surface area (Å²) >= 11 is 0. The molecule has 17 heavy (non-hydrogen) atoms. The normalized spacial score (nSPS) is 12.8. The SMILES string of the molecule is CCC(CC)COc1ccc(C(C)O)cc1F. The molecular formula is C14H21FO2. The molecule has 3 heteroatoms. The lowest BCUT2D eigenvalue weighted by atomic mass is 10.1. The van der Waals surface area contributed by atoms with Crippen molar-refractivity contribution in [2.45, 2.75) is 39.7 Å². The minimum absolute atomic E-state index is 0.265. The molecule has 0 amide bonds. The maximum Gasteiger partial charge on any atom is 0.165 e. The minimum Gasteiger partial charge on any atom is -0.490 e. The summed E-state index contributed by atoms with van der Waals surface area (Å²) in [5, 5.41) is 9.33. The number of rotatable bonds is 6. The molecular weight excluding hydrogens is 219 g/mol. The van der Waals surface area contributed by atoms with E-state index in [-0.39, 0.29) is 5.75 Å². The van der Waals surface area contributed by atoms with E-state index in [2.05, 4.69) is 13.8 Å². The van der Waals surface area contributed by atoms with Gasteiger partial charge in [0.2, 0.25) is 0 Å². The second kappa shape index (κ2) is 6.60. The molecule has 1 aromatic rings. The van der Waals surface area contributed by atoms with Crippen LogP contribution in [-0.2, 0) is 0 Å². The first-order chi connectivity index (χ1) is 8.08. The molecule has 96 valence electrons. The van der Waals surface area contributed by atoms with E-state index in [1.807, 2.05) is 0 Å². The highest BCUT2D eigenvalue weighted by Gasteiger charge is 2.10. The number of aliphatic hydroxyl groups excluding tert-OH is 1. The van der Waals surface area contributed by atoms with Crippen LogP contribution in [0.2, 0.25) is 0 Å². The van der Waals surface area contributed by atoms with Gasteiger partial charge in [-0.15, -0.1) is 0 Å². The highest BCUT2D eigenvalue weighted by molar-refractivity contribution is 5.30. The van der Waals surface area contributed by atoms with Crippen molar-refractivity contribution in [2.75, 3.05) is 6.61 Å². The van der Waals surface area contributed by atoms with Gasteiger partial charge >= 0.3 is 0 Å². The Morgan fingerprint density at radius 1 is 1.29 bits per heavy atom. The summed E-state index contributed by atoms with van der Waals surface area (Å²) in [5.41, 5.74) is 0.567. The molecule has 0 saturated carbocycles. The molecule has 0 radical (unpaired) electrons. The van der Waals surface area contributed by atoms with Crippen LogP contribution in [-0.4, -0.2) is 11.7 Å². The van der Waals surface area contributed by atoms with Crippen LogP contribution in [0.3, 0.4) is 0 Å². The Hall–Kier alpha value is -1.09. The van der Waals surface area contributed by atoms with Gasteiger partial charge in [-0.2, -0.15) is 0 Å². The van der Waals surface area contributed by atoms with Crippen LogP contribution in [0.1, 0.15) is 45.3 Å². The third-order valence-electron chi connectivity index (χ3n) is 3.07. The monoisotopic (exact) mass is 240 g/mol. The fourth-order valence-electron chi connectivity index (χ4n) is 1.63. The van der Waals surface area contributed by atoms with Gasteiger partial charge in [-0.3, -0.25) is 0 Å². The van der Waals surface area contributed by atoms with E-state index < -0.39 is 11.9 Å². The van der Waals surface area contributed by atoms with E-state index >= 15 is 0 Å². The number of halogens is 1. The predicted octanol–water partition coefficient (Wildman–Crippen LogP) is 3.69. The molecule has 0 spiro atoms. The van der Waals surface area contributed by atoms with Crippen molar-refractivity contribution < 1.29 is 14.2 Å². The zero-order valence-electron chi connectivity index (χ0n) is 10.7. The van der Waals surface area contributed by atoms with Gasteiger partial charge in [0.15, 0.2) is 11.6 Å². The molecule has 0 aliphatic carbocycles. The Bertz CT molecular complexity index is 346. The number of hydrogen-bond donors (Lipinski definition) is 1. The van der Waals surface area contributed by atoms with Crippen LogP contribution < -0.4 is 4.74 Å². The quantitative estimate of drug-likeness (QED) is 0.821. The lowest BCUT2D eigenvalue weighted by molar-refractivity contribution is 0.197. The van der Waals surface area contributed by atoms with Gasteiger partial charge in [-0.25, -0.2) is 4.39 Å². The summed E-state index contributed by atoms with van der Waals surface area (Å²) in [5.74, 6) is 0.321. The van der Waals surface area contributed by atoms with E-state index in [0.717, 1.165) is 12.8 Å². The second-order valence-corrected chi connectivity index (χ2v) is 4.36. The number of ether oxygens (including phenoxy) is 1. The molecule has 1 unspecified atom stereocenters. The van der Waals surface area contributed by atoms with Gasteiger partial charge in [-0.1, -0.05) is 32.8 Å². The largest absolute Gasteiger partial charge is 0.490 e. The Labute approximate surface area is 102 Å². The zero-order valence-corrected chi connectivity index (χ0v) is 10.7. The van der Waals surface area contributed by atoms with Crippen molar-refractivity contribution in [1.29, 1.82) is 0 Å². The van der Waals surface area contributed by atoms with Crippen molar-refractivity contribution in [2.24, 2.45) is 5.92 Å². The third kappa shape index (κ3) is 4.00.